The Labute approximate surface area is 119 Å². The van der Waals surface area contributed by atoms with Crippen molar-refractivity contribution in [3.05, 3.63) is 0 Å². The Morgan fingerprint density at radius 1 is 1.42 bits per heavy atom. The second-order valence-corrected chi connectivity index (χ2v) is 6.60. The van der Waals surface area contributed by atoms with Gasteiger partial charge >= 0.3 is 5.97 Å². The van der Waals surface area contributed by atoms with Crippen LogP contribution >= 0.6 is 11.8 Å². The number of aliphatic carboxylic acids is 1. The van der Waals surface area contributed by atoms with Crippen LogP contribution < -0.4 is 5.32 Å². The minimum atomic E-state index is -0.804. The first-order chi connectivity index (χ1) is 9.00. The van der Waals surface area contributed by atoms with E-state index >= 15 is 0 Å². The second-order valence-electron chi connectivity index (χ2n) is 5.49. The summed E-state index contributed by atoms with van der Waals surface area (Å²) in [5, 5.41) is 12.3. The Balaban J connectivity index is 2.44. The molecule has 1 rings (SSSR count). The van der Waals surface area contributed by atoms with E-state index in [2.05, 4.69) is 12.2 Å². The van der Waals surface area contributed by atoms with Crippen molar-refractivity contribution in [2.24, 2.45) is 5.41 Å². The predicted octanol–water partition coefficient (Wildman–Crippen LogP) is 2.67. The van der Waals surface area contributed by atoms with E-state index in [4.69, 9.17) is 0 Å². The maximum absolute atomic E-state index is 11.9. The highest BCUT2D eigenvalue weighted by molar-refractivity contribution is 7.99. The summed E-state index contributed by atoms with van der Waals surface area (Å²) in [6.45, 7) is 3.88. The lowest BCUT2D eigenvalue weighted by atomic mass is 9.71. The molecule has 5 heteroatoms. The van der Waals surface area contributed by atoms with Gasteiger partial charge in [-0.15, -0.1) is 0 Å². The van der Waals surface area contributed by atoms with Gasteiger partial charge in [-0.3, -0.25) is 9.59 Å². The molecule has 110 valence electrons. The van der Waals surface area contributed by atoms with Crippen LogP contribution in [0.5, 0.6) is 0 Å². The van der Waals surface area contributed by atoms with Crippen molar-refractivity contribution >= 4 is 23.6 Å². The maximum Gasteiger partial charge on any atom is 0.311 e. The minimum Gasteiger partial charge on any atom is -0.481 e. The molecule has 0 bridgehead atoms. The van der Waals surface area contributed by atoms with Crippen LogP contribution in [-0.2, 0) is 9.59 Å². The lowest BCUT2D eigenvalue weighted by Crippen LogP contribution is -2.52. The van der Waals surface area contributed by atoms with E-state index in [-0.39, 0.29) is 11.9 Å². The molecule has 0 radical (unpaired) electrons. The molecule has 0 spiro atoms. The van der Waals surface area contributed by atoms with Gasteiger partial charge in [0.25, 0.3) is 0 Å². The summed E-state index contributed by atoms with van der Waals surface area (Å²) in [5.41, 5.74) is -0.804. The number of carbonyl (C=O) groups is 2. The van der Waals surface area contributed by atoms with E-state index in [0.717, 1.165) is 37.9 Å². The molecule has 1 aliphatic rings. The van der Waals surface area contributed by atoms with Gasteiger partial charge in [-0.1, -0.05) is 26.2 Å². The third kappa shape index (κ3) is 4.71. The molecule has 0 saturated heterocycles. The summed E-state index contributed by atoms with van der Waals surface area (Å²) in [4.78, 5) is 23.3. The molecule has 1 aliphatic carbocycles. The number of carboxylic acid groups (broad SMARTS) is 1. The average molecular weight is 287 g/mol. The first-order valence-corrected chi connectivity index (χ1v) is 8.26. The van der Waals surface area contributed by atoms with Gasteiger partial charge in [0.2, 0.25) is 5.91 Å². The summed E-state index contributed by atoms with van der Waals surface area (Å²) in [7, 11) is 0. The van der Waals surface area contributed by atoms with Crippen molar-refractivity contribution < 1.29 is 14.7 Å². The van der Waals surface area contributed by atoms with E-state index < -0.39 is 11.4 Å². The molecule has 2 N–H and O–H groups in total. The summed E-state index contributed by atoms with van der Waals surface area (Å²) < 4.78 is 0. The average Bonchev–Trinajstić information content (AvgIpc) is 2.37. The Kier molecular flexibility index (Phi) is 6.69. The number of rotatable bonds is 7. The number of thioether (sulfide) groups is 1. The van der Waals surface area contributed by atoms with Crippen molar-refractivity contribution in [1.82, 2.24) is 5.32 Å². The van der Waals surface area contributed by atoms with Gasteiger partial charge < -0.3 is 10.4 Å². The second kappa shape index (κ2) is 7.78. The third-order valence-electron chi connectivity index (χ3n) is 3.91. The smallest absolute Gasteiger partial charge is 0.311 e. The monoisotopic (exact) mass is 287 g/mol. The number of nitrogens with one attached hydrogen (secondary N) is 1. The van der Waals surface area contributed by atoms with Crippen molar-refractivity contribution in [1.29, 1.82) is 0 Å². The molecular formula is C14H25NO3S. The normalized spacial score (nSPS) is 26.9. The molecule has 0 aromatic carbocycles. The molecule has 0 heterocycles. The van der Waals surface area contributed by atoms with Gasteiger partial charge in [0, 0.05) is 6.04 Å². The quantitative estimate of drug-likeness (QED) is 0.707. The fraction of sp³-hybridized carbons (Fsp3) is 0.857. The van der Waals surface area contributed by atoms with Crippen LogP contribution in [0.2, 0.25) is 0 Å². The zero-order valence-corrected chi connectivity index (χ0v) is 12.7. The van der Waals surface area contributed by atoms with E-state index in [1.807, 2.05) is 0 Å². The Bertz CT molecular complexity index is 322. The number of hydrogen-bond donors (Lipinski definition) is 2. The molecule has 0 aromatic heterocycles. The largest absolute Gasteiger partial charge is 0.481 e. The SMILES string of the molecule is CCCCSCC(=O)NC1CCCCC1(C)C(=O)O. The number of unbranched alkanes of at least 4 members (excludes halogenated alkanes) is 1. The Morgan fingerprint density at radius 2 is 2.16 bits per heavy atom. The number of carboxylic acids is 1. The molecule has 0 aliphatic heterocycles. The molecule has 1 fully saturated rings. The molecule has 19 heavy (non-hydrogen) atoms. The molecule has 0 aromatic rings. The number of carbonyl (C=O) groups excluding carboxylic acids is 1. The van der Waals surface area contributed by atoms with Crippen LogP contribution in [0.1, 0.15) is 52.4 Å². The van der Waals surface area contributed by atoms with Crippen LogP contribution in [0.4, 0.5) is 0 Å². The first-order valence-electron chi connectivity index (χ1n) is 7.11. The van der Waals surface area contributed by atoms with Crippen LogP contribution in [0.15, 0.2) is 0 Å². The van der Waals surface area contributed by atoms with E-state index in [1.54, 1.807) is 18.7 Å². The lowest BCUT2D eigenvalue weighted by molar-refractivity contribution is -0.152. The molecule has 2 unspecified atom stereocenters. The van der Waals surface area contributed by atoms with Gasteiger partial charge in [-0.05, 0) is 31.9 Å². The number of amides is 1. The van der Waals surface area contributed by atoms with Crippen molar-refractivity contribution in [2.45, 2.75) is 58.4 Å². The fourth-order valence-corrected chi connectivity index (χ4v) is 3.37. The fourth-order valence-electron chi connectivity index (χ4n) is 2.47. The molecular weight excluding hydrogens is 262 g/mol. The summed E-state index contributed by atoms with van der Waals surface area (Å²) >= 11 is 1.62. The molecule has 2 atom stereocenters. The first kappa shape index (κ1) is 16.3. The van der Waals surface area contributed by atoms with Crippen molar-refractivity contribution in [3.63, 3.8) is 0 Å². The predicted molar refractivity (Wildman–Crippen MR) is 78.4 cm³/mol. The van der Waals surface area contributed by atoms with Crippen molar-refractivity contribution in [2.75, 3.05) is 11.5 Å². The summed E-state index contributed by atoms with van der Waals surface area (Å²) in [6.07, 6.45) is 5.60. The highest BCUT2D eigenvalue weighted by atomic mass is 32.2. The highest BCUT2D eigenvalue weighted by Gasteiger charge is 2.43. The standard InChI is InChI=1S/C14H25NO3S/c1-3-4-9-19-10-12(16)15-11-7-5-6-8-14(11,2)13(17)18/h11H,3-10H2,1-2H3,(H,15,16)(H,17,18). The van der Waals surface area contributed by atoms with Crippen molar-refractivity contribution in [3.8, 4) is 0 Å². The van der Waals surface area contributed by atoms with E-state index in [1.165, 1.54) is 0 Å². The van der Waals surface area contributed by atoms with Crippen LogP contribution in [0, 0.1) is 5.41 Å². The van der Waals surface area contributed by atoms with E-state index in [9.17, 15) is 14.7 Å². The third-order valence-corrected chi connectivity index (χ3v) is 4.95. The van der Waals surface area contributed by atoms with Gasteiger partial charge in [-0.2, -0.15) is 11.8 Å². The summed E-state index contributed by atoms with van der Waals surface area (Å²) in [5.74, 6) is 0.605. The highest BCUT2D eigenvalue weighted by Crippen LogP contribution is 2.36. The molecule has 1 amide bonds. The van der Waals surface area contributed by atoms with Gasteiger partial charge in [0.1, 0.15) is 0 Å². The summed E-state index contributed by atoms with van der Waals surface area (Å²) in [6, 6.07) is -0.224. The van der Waals surface area contributed by atoms with E-state index in [0.29, 0.717) is 12.2 Å². The molecule has 1 saturated carbocycles. The zero-order valence-electron chi connectivity index (χ0n) is 11.9. The minimum absolute atomic E-state index is 0.0273. The lowest BCUT2D eigenvalue weighted by Gasteiger charge is -2.38. The Morgan fingerprint density at radius 3 is 2.79 bits per heavy atom. The van der Waals surface area contributed by atoms with Gasteiger partial charge in [-0.25, -0.2) is 0 Å². The number of hydrogen-bond acceptors (Lipinski definition) is 3. The van der Waals surface area contributed by atoms with Gasteiger partial charge in [0.05, 0.1) is 11.2 Å². The zero-order chi connectivity index (χ0) is 14.3. The maximum atomic E-state index is 11.9. The van der Waals surface area contributed by atoms with Crippen LogP contribution in [0.25, 0.3) is 0 Å². The Hall–Kier alpha value is -0.710. The van der Waals surface area contributed by atoms with Gasteiger partial charge in [0.15, 0.2) is 0 Å². The van der Waals surface area contributed by atoms with Crippen LogP contribution in [-0.4, -0.2) is 34.5 Å². The van der Waals surface area contributed by atoms with Crippen LogP contribution in [0.3, 0.4) is 0 Å². The topological polar surface area (TPSA) is 66.4 Å². The molecule has 4 nitrogen and oxygen atoms in total.